The predicted octanol–water partition coefficient (Wildman–Crippen LogP) is 1.93. The molecule has 0 radical (unpaired) electrons. The summed E-state index contributed by atoms with van der Waals surface area (Å²) >= 11 is 2.09. The van der Waals surface area contributed by atoms with E-state index in [-0.39, 0.29) is 13.3 Å². The number of carbonyl (C=O) groups is 3. The van der Waals surface area contributed by atoms with Gasteiger partial charge in [-0.05, 0) is 52.9 Å². The molecule has 0 aromatic heterocycles. The highest BCUT2D eigenvalue weighted by Crippen LogP contribution is 2.32. The first kappa shape index (κ1) is 19.0. The molecule has 2 N–H and O–H groups in total. The number of hydrogen-bond donors (Lipinski definition) is 2. The molecule has 2 aromatic carbocycles. The molecule has 27 heavy (non-hydrogen) atoms. The maximum absolute atomic E-state index is 12.1. The predicted molar refractivity (Wildman–Crippen MR) is 104 cm³/mol. The Bertz CT molecular complexity index is 886. The Balaban J connectivity index is 1.42. The average molecular weight is 482 g/mol. The second kappa shape index (κ2) is 8.71. The van der Waals surface area contributed by atoms with Crippen LogP contribution in [0.15, 0.2) is 42.5 Å². The Hall–Kier alpha value is -2.82. The standard InChI is InChI=1S/C18H15IN2O6/c19-12-3-1-2-4-13(12)21-16(22)9-25-17(23)8-20-18(24)11-5-6-14-15(7-11)27-10-26-14/h1-7H,8-10H2,(H,20,24)(H,21,22). The van der Waals surface area contributed by atoms with Crippen molar-refractivity contribution in [1.29, 1.82) is 0 Å². The minimum Gasteiger partial charge on any atom is -0.454 e. The van der Waals surface area contributed by atoms with E-state index in [2.05, 4.69) is 33.2 Å². The fourth-order valence-corrected chi connectivity index (χ4v) is 2.76. The Kier molecular flexibility index (Phi) is 6.12. The van der Waals surface area contributed by atoms with Crippen LogP contribution < -0.4 is 20.1 Å². The fourth-order valence-electron chi connectivity index (χ4n) is 2.24. The van der Waals surface area contributed by atoms with Gasteiger partial charge in [0, 0.05) is 9.13 Å². The molecule has 0 bridgehead atoms. The van der Waals surface area contributed by atoms with Crippen LogP contribution in [-0.2, 0) is 14.3 Å². The molecular weight excluding hydrogens is 467 g/mol. The van der Waals surface area contributed by atoms with Gasteiger partial charge >= 0.3 is 5.97 Å². The zero-order valence-corrected chi connectivity index (χ0v) is 16.1. The summed E-state index contributed by atoms with van der Waals surface area (Å²) in [6, 6.07) is 11.9. The van der Waals surface area contributed by atoms with E-state index in [0.717, 1.165) is 3.57 Å². The number of rotatable bonds is 6. The van der Waals surface area contributed by atoms with Crippen LogP contribution >= 0.6 is 22.6 Å². The maximum atomic E-state index is 12.1. The normalized spacial score (nSPS) is 11.6. The Morgan fingerprint density at radius 3 is 2.67 bits per heavy atom. The Morgan fingerprint density at radius 1 is 1.07 bits per heavy atom. The van der Waals surface area contributed by atoms with Crippen LogP contribution in [0.4, 0.5) is 5.69 Å². The van der Waals surface area contributed by atoms with Gasteiger partial charge in [-0.2, -0.15) is 0 Å². The van der Waals surface area contributed by atoms with Crippen molar-refractivity contribution in [2.45, 2.75) is 0 Å². The van der Waals surface area contributed by atoms with E-state index in [4.69, 9.17) is 14.2 Å². The van der Waals surface area contributed by atoms with E-state index in [1.165, 1.54) is 6.07 Å². The maximum Gasteiger partial charge on any atom is 0.325 e. The van der Waals surface area contributed by atoms with Gasteiger partial charge in [0.2, 0.25) is 6.79 Å². The van der Waals surface area contributed by atoms with Gasteiger partial charge in [-0.1, -0.05) is 12.1 Å². The minimum absolute atomic E-state index is 0.108. The number of amides is 2. The van der Waals surface area contributed by atoms with Crippen molar-refractivity contribution in [2.75, 3.05) is 25.3 Å². The lowest BCUT2D eigenvalue weighted by Gasteiger charge is -2.09. The van der Waals surface area contributed by atoms with Crippen molar-refractivity contribution in [2.24, 2.45) is 0 Å². The van der Waals surface area contributed by atoms with Crippen LogP contribution in [-0.4, -0.2) is 37.7 Å². The Labute approximate surface area is 168 Å². The van der Waals surface area contributed by atoms with Crippen molar-refractivity contribution in [3.8, 4) is 11.5 Å². The molecule has 1 heterocycles. The second-order valence-corrected chi connectivity index (χ2v) is 6.60. The number of benzene rings is 2. The third kappa shape index (κ3) is 5.09. The zero-order valence-electron chi connectivity index (χ0n) is 14.0. The fraction of sp³-hybridized carbons (Fsp3) is 0.167. The smallest absolute Gasteiger partial charge is 0.325 e. The van der Waals surface area contributed by atoms with Gasteiger partial charge in [0.1, 0.15) is 6.54 Å². The van der Waals surface area contributed by atoms with Crippen molar-refractivity contribution < 1.29 is 28.6 Å². The molecule has 0 aliphatic carbocycles. The number of anilines is 1. The first-order valence-electron chi connectivity index (χ1n) is 7.91. The highest BCUT2D eigenvalue weighted by Gasteiger charge is 2.17. The number of ether oxygens (including phenoxy) is 3. The molecule has 0 atom stereocenters. The third-order valence-corrected chi connectivity index (χ3v) is 4.48. The number of fused-ring (bicyclic) bond motifs is 1. The SMILES string of the molecule is O=C(COC(=O)CNC(=O)c1ccc2c(c1)OCO2)Nc1ccccc1I. The number of esters is 1. The lowest BCUT2D eigenvalue weighted by atomic mass is 10.2. The van der Waals surface area contributed by atoms with E-state index < -0.39 is 24.4 Å². The number of halogens is 1. The van der Waals surface area contributed by atoms with Crippen LogP contribution in [0.3, 0.4) is 0 Å². The number of nitrogens with one attached hydrogen (secondary N) is 2. The zero-order chi connectivity index (χ0) is 19.2. The summed E-state index contributed by atoms with van der Waals surface area (Å²) in [6.45, 7) is -0.691. The van der Waals surface area contributed by atoms with Crippen LogP contribution in [0.5, 0.6) is 11.5 Å². The summed E-state index contributed by atoms with van der Waals surface area (Å²) < 4.78 is 16.1. The third-order valence-electron chi connectivity index (χ3n) is 3.54. The highest BCUT2D eigenvalue weighted by atomic mass is 127. The van der Waals surface area contributed by atoms with Gasteiger partial charge in [-0.25, -0.2) is 0 Å². The molecule has 3 rings (SSSR count). The molecular formula is C18H15IN2O6. The van der Waals surface area contributed by atoms with Crippen LogP contribution in [0, 0.1) is 3.57 Å². The summed E-state index contributed by atoms with van der Waals surface area (Å²) in [4.78, 5) is 35.6. The van der Waals surface area contributed by atoms with Crippen molar-refractivity contribution in [1.82, 2.24) is 5.32 Å². The summed E-state index contributed by atoms with van der Waals surface area (Å²) in [5, 5.41) is 5.07. The second-order valence-electron chi connectivity index (χ2n) is 5.44. The molecule has 8 nitrogen and oxygen atoms in total. The van der Waals surface area contributed by atoms with Gasteiger partial charge < -0.3 is 24.8 Å². The molecule has 0 spiro atoms. The topological polar surface area (TPSA) is 103 Å². The van der Waals surface area contributed by atoms with E-state index in [9.17, 15) is 14.4 Å². The lowest BCUT2D eigenvalue weighted by Crippen LogP contribution is -2.32. The monoisotopic (exact) mass is 482 g/mol. The van der Waals surface area contributed by atoms with Gasteiger partial charge in [-0.3, -0.25) is 14.4 Å². The van der Waals surface area contributed by atoms with E-state index in [0.29, 0.717) is 22.7 Å². The molecule has 140 valence electrons. The minimum atomic E-state index is -0.720. The van der Waals surface area contributed by atoms with E-state index in [1.54, 1.807) is 24.3 Å². The highest BCUT2D eigenvalue weighted by molar-refractivity contribution is 14.1. The molecule has 1 aliphatic heterocycles. The molecule has 1 aliphatic rings. The average Bonchev–Trinajstić information content (AvgIpc) is 3.14. The van der Waals surface area contributed by atoms with Crippen molar-refractivity contribution in [3.05, 3.63) is 51.6 Å². The van der Waals surface area contributed by atoms with Crippen LogP contribution in [0.1, 0.15) is 10.4 Å². The first-order chi connectivity index (χ1) is 13.0. The molecule has 0 unspecified atom stereocenters. The number of carbonyl (C=O) groups excluding carboxylic acids is 3. The quantitative estimate of drug-likeness (QED) is 0.482. The largest absolute Gasteiger partial charge is 0.454 e. The van der Waals surface area contributed by atoms with Gasteiger partial charge in [-0.15, -0.1) is 0 Å². The molecule has 2 aromatic rings. The van der Waals surface area contributed by atoms with Crippen molar-refractivity contribution in [3.63, 3.8) is 0 Å². The number of hydrogen-bond acceptors (Lipinski definition) is 6. The summed E-state index contributed by atoms with van der Waals surface area (Å²) in [7, 11) is 0. The summed E-state index contributed by atoms with van der Waals surface area (Å²) in [5.74, 6) is -0.618. The van der Waals surface area contributed by atoms with Gasteiger partial charge in [0.25, 0.3) is 11.8 Å². The van der Waals surface area contributed by atoms with Crippen LogP contribution in [0.2, 0.25) is 0 Å². The summed E-state index contributed by atoms with van der Waals surface area (Å²) in [5.41, 5.74) is 0.957. The van der Waals surface area contributed by atoms with Gasteiger partial charge in [0.05, 0.1) is 5.69 Å². The molecule has 2 amide bonds. The number of para-hydroxylation sites is 1. The molecule has 9 heteroatoms. The molecule has 0 saturated heterocycles. The van der Waals surface area contributed by atoms with E-state index in [1.807, 2.05) is 12.1 Å². The summed E-state index contributed by atoms with van der Waals surface area (Å²) in [6.07, 6.45) is 0. The van der Waals surface area contributed by atoms with Crippen molar-refractivity contribution >= 4 is 46.1 Å². The van der Waals surface area contributed by atoms with Gasteiger partial charge in [0.15, 0.2) is 18.1 Å². The lowest BCUT2D eigenvalue weighted by molar-refractivity contribution is -0.146. The van der Waals surface area contributed by atoms with Crippen LogP contribution in [0.25, 0.3) is 0 Å². The van der Waals surface area contributed by atoms with E-state index >= 15 is 0 Å². The molecule has 0 fully saturated rings. The molecule has 0 saturated carbocycles. The Morgan fingerprint density at radius 2 is 1.85 bits per heavy atom. The first-order valence-corrected chi connectivity index (χ1v) is 8.98.